The van der Waals surface area contributed by atoms with Crippen LogP contribution in [-0.4, -0.2) is 20.6 Å². The van der Waals surface area contributed by atoms with Gasteiger partial charge in [-0.15, -0.1) is 10.2 Å². The first kappa shape index (κ1) is 13.2. The van der Waals surface area contributed by atoms with Crippen LogP contribution in [-0.2, 0) is 0 Å². The van der Waals surface area contributed by atoms with Crippen LogP contribution < -0.4 is 5.32 Å². The summed E-state index contributed by atoms with van der Waals surface area (Å²) in [6.07, 6.45) is 1.43. The molecule has 0 spiro atoms. The van der Waals surface area contributed by atoms with Gasteiger partial charge in [-0.1, -0.05) is 0 Å². The van der Waals surface area contributed by atoms with Crippen LogP contribution >= 0.6 is 15.9 Å². The molecular formula is C11H8BrFN6. The SMILES string of the molecule is Cc1c(F)ccc(NC=C(C#N)c2nn[nH]n2)c1Br. The van der Waals surface area contributed by atoms with Crippen molar-refractivity contribution in [2.24, 2.45) is 0 Å². The maximum atomic E-state index is 13.3. The average Bonchev–Trinajstić information content (AvgIpc) is 2.93. The number of hydrogen-bond donors (Lipinski definition) is 2. The van der Waals surface area contributed by atoms with E-state index in [2.05, 4.69) is 41.9 Å². The standard InChI is InChI=1S/C11H8BrFN6/c1-6-8(13)2-3-9(10(6)12)15-5-7(4-14)11-16-18-19-17-11/h2-3,5,15H,1H3,(H,16,17,18,19). The van der Waals surface area contributed by atoms with E-state index in [0.29, 0.717) is 15.7 Å². The van der Waals surface area contributed by atoms with Crippen LogP contribution in [0.15, 0.2) is 22.8 Å². The summed E-state index contributed by atoms with van der Waals surface area (Å²) in [5, 5.41) is 24.9. The number of nitrogens with zero attached hydrogens (tertiary/aromatic N) is 4. The summed E-state index contributed by atoms with van der Waals surface area (Å²) in [6.45, 7) is 1.65. The molecule has 1 heterocycles. The number of H-pyrrole nitrogens is 1. The zero-order valence-corrected chi connectivity index (χ0v) is 11.4. The van der Waals surface area contributed by atoms with E-state index < -0.39 is 0 Å². The Labute approximate surface area is 116 Å². The van der Waals surface area contributed by atoms with Crippen LogP contribution in [0.4, 0.5) is 10.1 Å². The topological polar surface area (TPSA) is 90.3 Å². The van der Waals surface area contributed by atoms with Gasteiger partial charge in [0, 0.05) is 16.2 Å². The molecule has 1 aromatic heterocycles. The van der Waals surface area contributed by atoms with Crippen LogP contribution in [0, 0.1) is 24.1 Å². The van der Waals surface area contributed by atoms with Gasteiger partial charge < -0.3 is 5.32 Å². The van der Waals surface area contributed by atoms with Gasteiger partial charge in [0.05, 0.1) is 5.69 Å². The van der Waals surface area contributed by atoms with Crippen molar-refractivity contribution in [1.82, 2.24) is 20.6 Å². The molecule has 0 saturated carbocycles. The summed E-state index contributed by atoms with van der Waals surface area (Å²) in [6, 6.07) is 4.85. The lowest BCUT2D eigenvalue weighted by molar-refractivity contribution is 0.617. The van der Waals surface area contributed by atoms with Crippen molar-refractivity contribution in [3.63, 3.8) is 0 Å². The maximum Gasteiger partial charge on any atom is 0.216 e. The van der Waals surface area contributed by atoms with Crippen LogP contribution in [0.5, 0.6) is 0 Å². The number of aromatic amines is 1. The molecule has 8 heteroatoms. The number of hydrogen-bond acceptors (Lipinski definition) is 5. The van der Waals surface area contributed by atoms with E-state index >= 15 is 0 Å². The molecule has 0 aliphatic heterocycles. The van der Waals surface area contributed by atoms with E-state index in [-0.39, 0.29) is 17.2 Å². The Balaban J connectivity index is 2.28. The summed E-state index contributed by atoms with van der Waals surface area (Å²) in [5.41, 5.74) is 1.33. The Kier molecular flexibility index (Phi) is 3.87. The number of allylic oxidation sites excluding steroid dienone is 1. The Morgan fingerprint density at radius 2 is 2.37 bits per heavy atom. The predicted octanol–water partition coefficient (Wildman–Crippen LogP) is 2.39. The molecule has 0 aliphatic rings. The van der Waals surface area contributed by atoms with E-state index in [9.17, 15) is 4.39 Å². The zero-order chi connectivity index (χ0) is 13.8. The molecule has 2 N–H and O–H groups in total. The molecule has 6 nitrogen and oxygen atoms in total. The minimum atomic E-state index is -0.305. The van der Waals surface area contributed by atoms with Gasteiger partial charge >= 0.3 is 0 Å². The van der Waals surface area contributed by atoms with Crippen molar-refractivity contribution >= 4 is 27.2 Å². The van der Waals surface area contributed by atoms with Gasteiger partial charge in [0.25, 0.3) is 0 Å². The Bertz CT molecular complexity index is 659. The van der Waals surface area contributed by atoms with Crippen LogP contribution in [0.2, 0.25) is 0 Å². The molecule has 96 valence electrons. The monoisotopic (exact) mass is 322 g/mol. The smallest absolute Gasteiger partial charge is 0.216 e. The van der Waals surface area contributed by atoms with Gasteiger partial charge in [-0.2, -0.15) is 10.5 Å². The average molecular weight is 323 g/mol. The number of tetrazole rings is 1. The lowest BCUT2D eigenvalue weighted by atomic mass is 10.2. The molecule has 0 saturated heterocycles. The number of anilines is 1. The van der Waals surface area contributed by atoms with Crippen molar-refractivity contribution in [2.45, 2.75) is 6.92 Å². The van der Waals surface area contributed by atoms with Gasteiger partial charge in [-0.3, -0.25) is 0 Å². The van der Waals surface area contributed by atoms with Crippen molar-refractivity contribution in [3.05, 3.63) is 40.0 Å². The molecule has 0 aliphatic carbocycles. The van der Waals surface area contributed by atoms with Gasteiger partial charge in [0.15, 0.2) is 0 Å². The lowest BCUT2D eigenvalue weighted by Crippen LogP contribution is -1.96. The molecule has 0 bridgehead atoms. The minimum Gasteiger partial charge on any atom is -0.359 e. The highest BCUT2D eigenvalue weighted by molar-refractivity contribution is 9.10. The molecule has 19 heavy (non-hydrogen) atoms. The number of rotatable bonds is 3. The Morgan fingerprint density at radius 1 is 1.58 bits per heavy atom. The van der Waals surface area contributed by atoms with Crippen molar-refractivity contribution in [3.8, 4) is 6.07 Å². The highest BCUT2D eigenvalue weighted by Gasteiger charge is 2.08. The van der Waals surface area contributed by atoms with Crippen LogP contribution in [0.1, 0.15) is 11.4 Å². The van der Waals surface area contributed by atoms with E-state index in [1.165, 1.54) is 12.3 Å². The van der Waals surface area contributed by atoms with Gasteiger partial charge in [-0.05, 0) is 40.2 Å². The van der Waals surface area contributed by atoms with E-state index in [0.717, 1.165) is 0 Å². The Hall–Kier alpha value is -2.27. The van der Waals surface area contributed by atoms with Crippen molar-refractivity contribution in [1.29, 1.82) is 5.26 Å². The number of halogens is 2. The number of benzene rings is 1. The second kappa shape index (κ2) is 5.58. The van der Waals surface area contributed by atoms with Crippen LogP contribution in [0.25, 0.3) is 5.57 Å². The highest BCUT2D eigenvalue weighted by Crippen LogP contribution is 2.28. The normalized spacial score (nSPS) is 11.2. The molecule has 0 radical (unpaired) electrons. The van der Waals surface area contributed by atoms with Gasteiger partial charge in [-0.25, -0.2) is 4.39 Å². The largest absolute Gasteiger partial charge is 0.359 e. The second-order valence-corrected chi connectivity index (χ2v) is 4.38. The molecule has 0 fully saturated rings. The zero-order valence-electron chi connectivity index (χ0n) is 9.78. The summed E-state index contributed by atoms with van der Waals surface area (Å²) < 4.78 is 13.9. The van der Waals surface area contributed by atoms with E-state index in [1.807, 2.05) is 6.07 Å². The third-order valence-corrected chi connectivity index (χ3v) is 3.42. The fraction of sp³-hybridized carbons (Fsp3) is 0.0909. The fourth-order valence-electron chi connectivity index (χ4n) is 1.35. The van der Waals surface area contributed by atoms with Gasteiger partial charge in [0.1, 0.15) is 17.5 Å². The van der Waals surface area contributed by atoms with Crippen LogP contribution in [0.3, 0.4) is 0 Å². The van der Waals surface area contributed by atoms with Gasteiger partial charge in [0.2, 0.25) is 5.82 Å². The molecule has 0 unspecified atom stereocenters. The summed E-state index contributed by atoms with van der Waals surface area (Å²) in [7, 11) is 0. The first-order valence-electron chi connectivity index (χ1n) is 5.18. The minimum absolute atomic E-state index is 0.185. The molecular weight excluding hydrogens is 315 g/mol. The third-order valence-electron chi connectivity index (χ3n) is 2.40. The quantitative estimate of drug-likeness (QED) is 0.847. The maximum absolute atomic E-state index is 13.3. The molecule has 0 atom stereocenters. The van der Waals surface area contributed by atoms with E-state index in [1.54, 1.807) is 13.0 Å². The first-order valence-corrected chi connectivity index (χ1v) is 5.98. The van der Waals surface area contributed by atoms with Crippen molar-refractivity contribution < 1.29 is 4.39 Å². The second-order valence-electron chi connectivity index (χ2n) is 3.58. The molecule has 2 aromatic rings. The molecule has 2 rings (SSSR count). The highest BCUT2D eigenvalue weighted by atomic mass is 79.9. The number of nitriles is 1. The van der Waals surface area contributed by atoms with E-state index in [4.69, 9.17) is 5.26 Å². The number of nitrogens with one attached hydrogen (secondary N) is 2. The lowest BCUT2D eigenvalue weighted by Gasteiger charge is -2.07. The molecule has 0 amide bonds. The molecule has 1 aromatic carbocycles. The predicted molar refractivity (Wildman–Crippen MR) is 70.2 cm³/mol. The Morgan fingerprint density at radius 3 is 3.00 bits per heavy atom. The first-order chi connectivity index (χ1) is 9.13. The summed E-state index contributed by atoms with van der Waals surface area (Å²) in [4.78, 5) is 0. The summed E-state index contributed by atoms with van der Waals surface area (Å²) in [5.74, 6) is -0.120. The third kappa shape index (κ3) is 2.77. The number of aromatic nitrogens is 4. The summed E-state index contributed by atoms with van der Waals surface area (Å²) >= 11 is 3.29. The fourth-order valence-corrected chi connectivity index (χ4v) is 1.78. The van der Waals surface area contributed by atoms with Crippen molar-refractivity contribution in [2.75, 3.05) is 5.32 Å².